The lowest BCUT2D eigenvalue weighted by molar-refractivity contribution is 1.20. The Bertz CT molecular complexity index is 1280. The molecule has 2 heteroatoms. The minimum absolute atomic E-state index is 1.02. The van der Waals surface area contributed by atoms with E-state index in [0.717, 1.165) is 6.42 Å². The number of benzene rings is 3. The minimum Gasteiger partial charge on any atom is -0.263 e. The highest BCUT2D eigenvalue weighted by Gasteiger charge is 2.21. The predicted molar refractivity (Wildman–Crippen MR) is 103 cm³/mol. The van der Waals surface area contributed by atoms with Crippen molar-refractivity contribution in [2.24, 2.45) is 0 Å². The Kier molecular flexibility index (Phi) is 2.34. The molecule has 0 bridgehead atoms. The van der Waals surface area contributed by atoms with Gasteiger partial charge in [-0.3, -0.25) is 4.98 Å². The number of rotatable bonds is 0. The van der Waals surface area contributed by atoms with E-state index in [2.05, 4.69) is 59.6 Å². The Hall–Kier alpha value is -2.71. The van der Waals surface area contributed by atoms with Crippen LogP contribution >= 0.6 is 11.3 Å². The van der Waals surface area contributed by atoms with E-state index >= 15 is 0 Å². The molecule has 5 aromatic rings. The molecule has 2 heterocycles. The van der Waals surface area contributed by atoms with Crippen molar-refractivity contribution >= 4 is 42.3 Å². The van der Waals surface area contributed by atoms with Crippen LogP contribution < -0.4 is 0 Å². The second-order valence-corrected chi connectivity index (χ2v) is 7.53. The quantitative estimate of drug-likeness (QED) is 0.325. The molecule has 1 aliphatic rings. The molecule has 6 rings (SSSR count). The van der Waals surface area contributed by atoms with E-state index in [1.165, 1.54) is 53.2 Å². The van der Waals surface area contributed by atoms with Gasteiger partial charge < -0.3 is 0 Å². The van der Waals surface area contributed by atoms with Crippen LogP contribution in [0.2, 0.25) is 0 Å². The maximum absolute atomic E-state index is 4.31. The summed E-state index contributed by atoms with van der Waals surface area (Å²) in [6, 6.07) is 20.1. The first-order valence-corrected chi connectivity index (χ1v) is 9.01. The third-order valence-corrected chi connectivity index (χ3v) is 6.26. The minimum atomic E-state index is 1.02. The summed E-state index contributed by atoms with van der Waals surface area (Å²) in [6.45, 7) is 0. The molecule has 1 nitrogen and oxygen atoms in total. The van der Waals surface area contributed by atoms with Gasteiger partial charge in [0.1, 0.15) is 0 Å². The van der Waals surface area contributed by atoms with E-state index in [9.17, 15) is 0 Å². The van der Waals surface area contributed by atoms with Gasteiger partial charge in [0.15, 0.2) is 0 Å². The van der Waals surface area contributed by atoms with Crippen molar-refractivity contribution in [1.29, 1.82) is 0 Å². The summed E-state index contributed by atoms with van der Waals surface area (Å²) in [6.07, 6.45) is 4.91. The highest BCUT2D eigenvalue weighted by molar-refractivity contribution is 7.26. The lowest BCUT2D eigenvalue weighted by Crippen LogP contribution is -2.00. The fraction of sp³-hybridized carbons (Fsp3) is 0.0455. The van der Waals surface area contributed by atoms with Gasteiger partial charge in [0.25, 0.3) is 0 Å². The highest BCUT2D eigenvalue weighted by atomic mass is 32.1. The molecule has 0 unspecified atom stereocenters. The first-order valence-electron chi connectivity index (χ1n) is 8.19. The van der Waals surface area contributed by atoms with Crippen LogP contribution in [0.4, 0.5) is 0 Å². The fourth-order valence-corrected chi connectivity index (χ4v) is 5.31. The average Bonchev–Trinajstić information content (AvgIpc) is 3.00. The number of aromatic nitrogens is 1. The molecule has 112 valence electrons. The molecule has 1 aliphatic carbocycles. The van der Waals surface area contributed by atoms with Crippen molar-refractivity contribution in [3.8, 4) is 11.1 Å². The third-order valence-electron chi connectivity index (χ3n) is 5.17. The average molecular weight is 323 g/mol. The summed E-state index contributed by atoms with van der Waals surface area (Å²) >= 11 is 1.85. The second-order valence-electron chi connectivity index (χ2n) is 6.44. The number of fused-ring (bicyclic) bond motifs is 6. The maximum Gasteiger partial charge on any atom is 0.0538 e. The zero-order valence-corrected chi connectivity index (χ0v) is 13.7. The summed E-state index contributed by atoms with van der Waals surface area (Å²) < 4.78 is 2.62. The smallest absolute Gasteiger partial charge is 0.0538 e. The molecular formula is C22H13NS. The van der Waals surface area contributed by atoms with Crippen molar-refractivity contribution in [3.63, 3.8) is 0 Å². The lowest BCUT2D eigenvalue weighted by atomic mass is 9.83. The monoisotopic (exact) mass is 323 g/mol. The third kappa shape index (κ3) is 1.51. The number of thiophene rings is 1. The van der Waals surface area contributed by atoms with Gasteiger partial charge in [-0.05, 0) is 51.6 Å². The van der Waals surface area contributed by atoms with Crippen LogP contribution in [0.15, 0.2) is 67.0 Å². The number of nitrogens with zero attached hydrogens (tertiary/aromatic N) is 1. The molecule has 0 fully saturated rings. The van der Waals surface area contributed by atoms with Crippen LogP contribution in [0.1, 0.15) is 11.1 Å². The second kappa shape index (κ2) is 4.43. The molecule has 0 saturated heterocycles. The number of pyridine rings is 1. The van der Waals surface area contributed by atoms with Crippen LogP contribution in [0, 0.1) is 0 Å². The lowest BCUT2D eigenvalue weighted by Gasteiger charge is -2.21. The van der Waals surface area contributed by atoms with E-state index in [0.29, 0.717) is 0 Å². The molecule has 2 aromatic heterocycles. The highest BCUT2D eigenvalue weighted by Crippen LogP contribution is 2.46. The van der Waals surface area contributed by atoms with Crippen LogP contribution in [-0.4, -0.2) is 4.98 Å². The van der Waals surface area contributed by atoms with Crippen LogP contribution in [0.25, 0.3) is 42.1 Å². The maximum atomic E-state index is 4.31. The van der Waals surface area contributed by atoms with Gasteiger partial charge in [-0.1, -0.05) is 42.5 Å². The largest absolute Gasteiger partial charge is 0.263 e. The first kappa shape index (κ1) is 12.7. The molecular weight excluding hydrogens is 310 g/mol. The van der Waals surface area contributed by atoms with Crippen molar-refractivity contribution in [2.45, 2.75) is 6.42 Å². The first-order chi connectivity index (χ1) is 11.9. The van der Waals surface area contributed by atoms with Gasteiger partial charge in [-0.25, -0.2) is 0 Å². The fourth-order valence-electron chi connectivity index (χ4n) is 4.18. The zero-order chi connectivity index (χ0) is 15.7. The molecule has 0 atom stereocenters. The van der Waals surface area contributed by atoms with Gasteiger partial charge in [-0.15, -0.1) is 11.3 Å². The van der Waals surface area contributed by atoms with E-state index < -0.39 is 0 Å². The standard InChI is InChI=1S/C22H13NS/c1-2-6-15-13(4-1)10-14-5-3-7-17-21(14)18(15)11-19-22(17)16-8-9-23-12-20(16)24-19/h1-9,11-12H,10H2. The molecule has 24 heavy (non-hydrogen) atoms. The van der Waals surface area contributed by atoms with Gasteiger partial charge in [0, 0.05) is 27.9 Å². The van der Waals surface area contributed by atoms with Crippen molar-refractivity contribution in [1.82, 2.24) is 4.98 Å². The number of hydrogen-bond acceptors (Lipinski definition) is 2. The van der Waals surface area contributed by atoms with Gasteiger partial charge in [0.2, 0.25) is 0 Å². The molecule has 0 amide bonds. The van der Waals surface area contributed by atoms with Gasteiger partial charge >= 0.3 is 0 Å². The molecule has 0 radical (unpaired) electrons. The van der Waals surface area contributed by atoms with Crippen molar-refractivity contribution in [3.05, 3.63) is 78.1 Å². The predicted octanol–water partition coefficient (Wildman–Crippen LogP) is 6.17. The van der Waals surface area contributed by atoms with Crippen LogP contribution in [0.3, 0.4) is 0 Å². The van der Waals surface area contributed by atoms with Crippen LogP contribution in [0.5, 0.6) is 0 Å². The molecule has 0 spiro atoms. The number of hydrogen-bond donors (Lipinski definition) is 0. The van der Waals surface area contributed by atoms with E-state index in [4.69, 9.17) is 0 Å². The normalized spacial score (nSPS) is 12.8. The zero-order valence-electron chi connectivity index (χ0n) is 12.9. The van der Waals surface area contributed by atoms with Crippen molar-refractivity contribution in [2.75, 3.05) is 0 Å². The molecule has 0 aliphatic heterocycles. The Morgan fingerprint density at radius 2 is 1.67 bits per heavy atom. The van der Waals surface area contributed by atoms with Gasteiger partial charge in [0.05, 0.1) is 4.70 Å². The van der Waals surface area contributed by atoms with E-state index in [1.807, 2.05) is 23.7 Å². The summed E-state index contributed by atoms with van der Waals surface area (Å²) in [7, 11) is 0. The summed E-state index contributed by atoms with van der Waals surface area (Å²) in [5.74, 6) is 0. The van der Waals surface area contributed by atoms with Gasteiger partial charge in [-0.2, -0.15) is 0 Å². The summed E-state index contributed by atoms with van der Waals surface area (Å²) in [5.41, 5.74) is 5.64. The van der Waals surface area contributed by atoms with E-state index in [-0.39, 0.29) is 0 Å². The Morgan fingerprint density at radius 3 is 2.67 bits per heavy atom. The molecule has 0 saturated carbocycles. The van der Waals surface area contributed by atoms with Crippen LogP contribution in [-0.2, 0) is 6.42 Å². The Balaban J connectivity index is 1.91. The summed E-state index contributed by atoms with van der Waals surface area (Å²) in [4.78, 5) is 4.31. The molecule has 0 N–H and O–H groups in total. The Morgan fingerprint density at radius 1 is 0.750 bits per heavy atom. The van der Waals surface area contributed by atoms with Crippen molar-refractivity contribution < 1.29 is 0 Å². The summed E-state index contributed by atoms with van der Waals surface area (Å²) in [5, 5.41) is 5.53. The van der Waals surface area contributed by atoms with E-state index in [1.54, 1.807) is 0 Å². The SMILES string of the molecule is c1ccc2c(c1)Cc1cccc3c1c-2cc1sc2cnccc2c13. The topological polar surface area (TPSA) is 12.9 Å². The molecule has 3 aromatic carbocycles. The Labute approximate surface area is 143 Å².